The first-order valence-corrected chi connectivity index (χ1v) is 12.7. The first kappa shape index (κ1) is 22.2. The summed E-state index contributed by atoms with van der Waals surface area (Å²) in [5.41, 5.74) is 3.47. The fraction of sp³-hybridized carbons (Fsp3) is 0.231. The molecule has 4 heterocycles. The highest BCUT2D eigenvalue weighted by Gasteiger charge is 2.32. The van der Waals surface area contributed by atoms with Gasteiger partial charge in [-0.2, -0.15) is 9.50 Å². The highest BCUT2D eigenvalue weighted by molar-refractivity contribution is 7.17. The van der Waals surface area contributed by atoms with Crippen LogP contribution in [0.5, 0.6) is 5.88 Å². The van der Waals surface area contributed by atoms with E-state index in [-0.39, 0.29) is 11.9 Å². The summed E-state index contributed by atoms with van der Waals surface area (Å²) in [5.74, 6) is 1.17. The fourth-order valence-electron chi connectivity index (χ4n) is 4.72. The van der Waals surface area contributed by atoms with Crippen molar-refractivity contribution in [3.05, 3.63) is 88.0 Å². The number of hydrogen-bond donors (Lipinski definition) is 1. The normalized spacial score (nSPS) is 15.7. The van der Waals surface area contributed by atoms with Crippen LogP contribution in [0.15, 0.2) is 71.3 Å². The van der Waals surface area contributed by atoms with Crippen molar-refractivity contribution >= 4 is 33.6 Å². The summed E-state index contributed by atoms with van der Waals surface area (Å²) < 4.78 is 6.95. The largest absolute Gasteiger partial charge is 0.492 e. The number of fused-ring (bicyclic) bond motifs is 1. The molecule has 1 N–H and O–H groups in total. The van der Waals surface area contributed by atoms with E-state index in [1.807, 2.05) is 24.3 Å². The van der Waals surface area contributed by atoms with Gasteiger partial charge in [0.2, 0.25) is 16.7 Å². The Labute approximate surface area is 211 Å². The van der Waals surface area contributed by atoms with E-state index in [0.717, 1.165) is 47.3 Å². The predicted molar refractivity (Wildman–Crippen MR) is 138 cm³/mol. The minimum Gasteiger partial charge on any atom is -0.492 e. The number of anilines is 1. The first-order valence-electron chi connectivity index (χ1n) is 11.5. The molecular formula is C26H24ClN5O2S. The maximum Gasteiger partial charge on any atom is 0.230 e. The fourth-order valence-corrected chi connectivity index (χ4v) is 6.02. The van der Waals surface area contributed by atoms with E-state index in [9.17, 15) is 5.11 Å². The molecule has 0 radical (unpaired) electrons. The number of aryl methyl sites for hydroxylation is 1. The average molecular weight is 506 g/mol. The number of halogens is 1. The van der Waals surface area contributed by atoms with Crippen molar-refractivity contribution in [2.45, 2.75) is 13.0 Å². The Kier molecular flexibility index (Phi) is 5.72. The second-order valence-corrected chi connectivity index (χ2v) is 10.2. The van der Waals surface area contributed by atoms with Gasteiger partial charge in [0.25, 0.3) is 0 Å². The van der Waals surface area contributed by atoms with Crippen LogP contribution in [0.4, 0.5) is 5.69 Å². The molecule has 0 bridgehead atoms. The van der Waals surface area contributed by atoms with Crippen LogP contribution in [0, 0.1) is 6.92 Å². The number of benzene rings is 2. The second-order valence-electron chi connectivity index (χ2n) is 8.72. The summed E-state index contributed by atoms with van der Waals surface area (Å²) >= 11 is 7.69. The molecule has 5 aromatic rings. The van der Waals surface area contributed by atoms with Gasteiger partial charge in [0.1, 0.15) is 0 Å². The molecule has 1 atom stereocenters. The van der Waals surface area contributed by atoms with Gasteiger partial charge in [-0.1, -0.05) is 58.8 Å². The lowest BCUT2D eigenvalue weighted by molar-refractivity contribution is 0.211. The maximum absolute atomic E-state index is 11.3. The zero-order chi connectivity index (χ0) is 23.9. The number of nitrogens with zero attached hydrogens (tertiary/aromatic N) is 5. The number of hydrogen-bond acceptors (Lipinski definition) is 7. The van der Waals surface area contributed by atoms with Crippen molar-refractivity contribution in [2.75, 3.05) is 31.1 Å². The van der Waals surface area contributed by atoms with E-state index >= 15 is 0 Å². The molecule has 0 unspecified atom stereocenters. The van der Waals surface area contributed by atoms with E-state index in [0.29, 0.717) is 16.5 Å². The van der Waals surface area contributed by atoms with Crippen LogP contribution in [0.25, 0.3) is 16.5 Å². The number of piperazine rings is 1. The Balaban J connectivity index is 1.34. The molecule has 178 valence electrons. The highest BCUT2D eigenvalue weighted by Crippen LogP contribution is 2.41. The molecular weight excluding hydrogens is 482 g/mol. The van der Waals surface area contributed by atoms with Crippen LogP contribution < -0.4 is 4.90 Å². The molecule has 0 spiro atoms. The summed E-state index contributed by atoms with van der Waals surface area (Å²) in [6.07, 6.45) is 1.59. The number of rotatable bonds is 5. The van der Waals surface area contributed by atoms with Crippen molar-refractivity contribution in [3.8, 4) is 17.5 Å². The molecule has 0 amide bonds. The SMILES string of the molecule is Cc1cccc([C@@H](c2sc3nc(-c4ccco4)nn3c2O)N2CCN(c3cccc(Cl)c3)CC2)c1. The number of aromatic hydroxyl groups is 1. The van der Waals surface area contributed by atoms with E-state index in [2.05, 4.69) is 57.1 Å². The van der Waals surface area contributed by atoms with Crippen molar-refractivity contribution in [1.29, 1.82) is 0 Å². The van der Waals surface area contributed by atoms with Crippen LogP contribution >= 0.6 is 22.9 Å². The maximum atomic E-state index is 11.3. The lowest BCUT2D eigenvalue weighted by atomic mass is 10.0. The van der Waals surface area contributed by atoms with Crippen molar-refractivity contribution in [1.82, 2.24) is 19.5 Å². The molecule has 2 aromatic carbocycles. The molecule has 1 saturated heterocycles. The standard InChI is InChI=1S/C26H24ClN5O2S/c1-17-5-2-6-18(15-17)22(31-12-10-30(11-13-31)20-8-3-7-19(27)16-20)23-25(33)32-26(35-23)28-24(29-32)21-9-4-14-34-21/h2-9,14-16,22,33H,10-13H2,1H3/t22-/m0/s1. The van der Waals surface area contributed by atoms with Crippen molar-refractivity contribution in [2.24, 2.45) is 0 Å². The van der Waals surface area contributed by atoms with Gasteiger partial charge in [-0.3, -0.25) is 4.90 Å². The van der Waals surface area contributed by atoms with Gasteiger partial charge in [-0.25, -0.2) is 0 Å². The first-order chi connectivity index (χ1) is 17.1. The molecule has 1 fully saturated rings. The zero-order valence-electron chi connectivity index (χ0n) is 19.1. The van der Waals surface area contributed by atoms with Crippen LogP contribution in [-0.4, -0.2) is 50.8 Å². The monoisotopic (exact) mass is 505 g/mol. The molecule has 6 rings (SSSR count). The van der Waals surface area contributed by atoms with Gasteiger partial charge in [0.15, 0.2) is 5.76 Å². The summed E-state index contributed by atoms with van der Waals surface area (Å²) in [6.45, 7) is 5.52. The van der Waals surface area contributed by atoms with Crippen LogP contribution in [0.2, 0.25) is 5.02 Å². The van der Waals surface area contributed by atoms with Crippen LogP contribution in [0.3, 0.4) is 0 Å². The van der Waals surface area contributed by atoms with Crippen LogP contribution in [0.1, 0.15) is 22.0 Å². The molecule has 35 heavy (non-hydrogen) atoms. The Morgan fingerprint density at radius 2 is 1.86 bits per heavy atom. The summed E-state index contributed by atoms with van der Waals surface area (Å²) in [7, 11) is 0. The Morgan fingerprint density at radius 1 is 1.03 bits per heavy atom. The third-order valence-electron chi connectivity index (χ3n) is 6.40. The number of thiazole rings is 1. The third-order valence-corrected chi connectivity index (χ3v) is 7.71. The van der Waals surface area contributed by atoms with E-state index in [1.54, 1.807) is 12.3 Å². The van der Waals surface area contributed by atoms with Gasteiger partial charge < -0.3 is 14.4 Å². The average Bonchev–Trinajstić information content (AvgIpc) is 3.59. The topological polar surface area (TPSA) is 70.0 Å². The summed E-state index contributed by atoms with van der Waals surface area (Å²) in [4.78, 5) is 10.9. The second kappa shape index (κ2) is 9.03. The van der Waals surface area contributed by atoms with Gasteiger partial charge in [-0.15, -0.1) is 5.10 Å². The minimum absolute atomic E-state index is 0.100. The third kappa shape index (κ3) is 4.18. The Morgan fingerprint density at radius 3 is 2.57 bits per heavy atom. The molecule has 0 aliphatic carbocycles. The van der Waals surface area contributed by atoms with Crippen molar-refractivity contribution < 1.29 is 9.52 Å². The Hall–Kier alpha value is -3.33. The molecule has 9 heteroatoms. The summed E-state index contributed by atoms with van der Waals surface area (Å²) in [6, 6.07) is 20.0. The number of furan rings is 1. The molecule has 1 aliphatic heterocycles. The van der Waals surface area contributed by atoms with Gasteiger partial charge in [0, 0.05) is 36.9 Å². The van der Waals surface area contributed by atoms with Gasteiger partial charge >= 0.3 is 0 Å². The molecule has 1 aliphatic rings. The van der Waals surface area contributed by atoms with Gasteiger partial charge in [-0.05, 0) is 42.8 Å². The zero-order valence-corrected chi connectivity index (χ0v) is 20.7. The van der Waals surface area contributed by atoms with E-state index in [1.165, 1.54) is 21.4 Å². The number of aromatic nitrogens is 3. The van der Waals surface area contributed by atoms with Crippen LogP contribution in [-0.2, 0) is 0 Å². The Bertz CT molecular complexity index is 1470. The van der Waals surface area contributed by atoms with E-state index < -0.39 is 0 Å². The molecule has 0 saturated carbocycles. The highest BCUT2D eigenvalue weighted by atomic mass is 35.5. The lowest BCUT2D eigenvalue weighted by Crippen LogP contribution is -2.47. The lowest BCUT2D eigenvalue weighted by Gasteiger charge is -2.40. The summed E-state index contributed by atoms with van der Waals surface area (Å²) in [5, 5.41) is 16.5. The molecule has 3 aromatic heterocycles. The quantitative estimate of drug-likeness (QED) is 0.334. The predicted octanol–water partition coefficient (Wildman–Crippen LogP) is 5.63. The smallest absolute Gasteiger partial charge is 0.230 e. The van der Waals surface area contributed by atoms with Gasteiger partial charge in [0.05, 0.1) is 17.2 Å². The van der Waals surface area contributed by atoms with Crippen molar-refractivity contribution in [3.63, 3.8) is 0 Å². The molecule has 7 nitrogen and oxygen atoms in total. The minimum atomic E-state index is -0.100. The van der Waals surface area contributed by atoms with E-state index in [4.69, 9.17) is 16.0 Å².